The zero-order valence-corrected chi connectivity index (χ0v) is 18.5. The molecule has 30 heavy (non-hydrogen) atoms. The van der Waals surface area contributed by atoms with Gasteiger partial charge in [-0.2, -0.15) is 0 Å². The van der Waals surface area contributed by atoms with Crippen LogP contribution < -0.4 is 5.32 Å². The fraction of sp³-hybridized carbons (Fsp3) is 0.682. The third-order valence-corrected chi connectivity index (χ3v) is 8.49. The summed E-state index contributed by atoms with van der Waals surface area (Å²) in [4.78, 5) is 16.7. The average Bonchev–Trinajstić information content (AvgIpc) is 3.00. The van der Waals surface area contributed by atoms with Crippen LogP contribution in [0.5, 0.6) is 0 Å². The van der Waals surface area contributed by atoms with E-state index in [-0.39, 0.29) is 29.5 Å². The molecule has 7 nitrogen and oxygen atoms in total. The SMILES string of the molecule is C[C@H](NC(=O)CN1CCN([C@H]2CS(=O)(=O)C[C@@H]2O)CC1)c1ccc2c(c1)CCCC2. The van der Waals surface area contributed by atoms with Gasteiger partial charge in [0.2, 0.25) is 5.91 Å². The molecule has 3 atom stereocenters. The smallest absolute Gasteiger partial charge is 0.234 e. The van der Waals surface area contributed by atoms with Crippen molar-refractivity contribution in [3.8, 4) is 0 Å². The van der Waals surface area contributed by atoms with Gasteiger partial charge < -0.3 is 10.4 Å². The van der Waals surface area contributed by atoms with Crippen LogP contribution in [-0.2, 0) is 27.5 Å². The molecule has 1 aromatic rings. The molecule has 0 bridgehead atoms. The van der Waals surface area contributed by atoms with Gasteiger partial charge in [0.15, 0.2) is 9.84 Å². The summed E-state index contributed by atoms with van der Waals surface area (Å²) in [7, 11) is -3.14. The Bertz CT molecular complexity index is 880. The van der Waals surface area contributed by atoms with Crippen LogP contribution in [0.2, 0.25) is 0 Å². The number of carbonyl (C=O) groups excluding carboxylic acids is 1. The lowest BCUT2D eigenvalue weighted by atomic mass is 9.89. The highest BCUT2D eigenvalue weighted by atomic mass is 32.2. The van der Waals surface area contributed by atoms with Crippen LogP contribution in [0.4, 0.5) is 0 Å². The van der Waals surface area contributed by atoms with Crippen LogP contribution in [0, 0.1) is 0 Å². The van der Waals surface area contributed by atoms with Crippen molar-refractivity contribution in [1.29, 1.82) is 0 Å². The molecule has 1 aromatic carbocycles. The molecule has 3 aliphatic rings. The summed E-state index contributed by atoms with van der Waals surface area (Å²) in [5.74, 6) is -0.0921. The Morgan fingerprint density at radius 1 is 1.13 bits per heavy atom. The van der Waals surface area contributed by atoms with E-state index < -0.39 is 15.9 Å². The quantitative estimate of drug-likeness (QED) is 0.701. The van der Waals surface area contributed by atoms with E-state index in [0.717, 1.165) is 18.4 Å². The van der Waals surface area contributed by atoms with E-state index in [1.807, 2.05) is 6.92 Å². The van der Waals surface area contributed by atoms with Gasteiger partial charge >= 0.3 is 0 Å². The summed E-state index contributed by atoms with van der Waals surface area (Å²) in [6.45, 7) is 5.11. The molecule has 4 rings (SSSR count). The molecule has 2 saturated heterocycles. The molecule has 0 saturated carbocycles. The maximum atomic E-state index is 12.6. The van der Waals surface area contributed by atoms with Crippen molar-refractivity contribution in [2.24, 2.45) is 0 Å². The Morgan fingerprint density at radius 3 is 2.50 bits per heavy atom. The molecular weight excluding hydrogens is 402 g/mol. The number of piperazine rings is 1. The number of amides is 1. The lowest BCUT2D eigenvalue weighted by Gasteiger charge is -2.38. The van der Waals surface area contributed by atoms with Crippen LogP contribution in [0.1, 0.15) is 42.5 Å². The van der Waals surface area contributed by atoms with Gasteiger partial charge in [-0.15, -0.1) is 0 Å². The van der Waals surface area contributed by atoms with Crippen molar-refractivity contribution in [3.63, 3.8) is 0 Å². The van der Waals surface area contributed by atoms with E-state index in [0.29, 0.717) is 32.7 Å². The zero-order chi connectivity index (χ0) is 21.3. The largest absolute Gasteiger partial charge is 0.390 e. The molecule has 2 N–H and O–H groups in total. The molecule has 1 amide bonds. The summed E-state index contributed by atoms with van der Waals surface area (Å²) in [6.07, 6.45) is 3.99. The number of carbonyl (C=O) groups is 1. The Hall–Kier alpha value is -1.48. The number of rotatable bonds is 5. The molecule has 0 aromatic heterocycles. The fourth-order valence-corrected chi connectivity index (χ4v) is 6.84. The number of aliphatic hydroxyl groups excluding tert-OH is 1. The van der Waals surface area contributed by atoms with Crippen molar-refractivity contribution in [3.05, 3.63) is 34.9 Å². The zero-order valence-electron chi connectivity index (χ0n) is 17.7. The van der Waals surface area contributed by atoms with Gasteiger partial charge in [0.05, 0.1) is 36.2 Å². The third-order valence-electron chi connectivity index (χ3n) is 6.79. The van der Waals surface area contributed by atoms with E-state index in [9.17, 15) is 18.3 Å². The van der Waals surface area contributed by atoms with Crippen molar-refractivity contribution in [2.75, 3.05) is 44.2 Å². The molecule has 2 heterocycles. The second-order valence-corrected chi connectivity index (χ2v) is 11.2. The molecule has 2 aliphatic heterocycles. The first-order valence-corrected chi connectivity index (χ1v) is 12.9. The average molecular weight is 436 g/mol. The number of aryl methyl sites for hydroxylation is 2. The number of sulfone groups is 1. The number of benzene rings is 1. The van der Waals surface area contributed by atoms with Gasteiger partial charge in [0.25, 0.3) is 0 Å². The number of aliphatic hydroxyl groups is 1. The molecule has 0 spiro atoms. The standard InChI is InChI=1S/C22H33N3O4S/c1-16(18-7-6-17-4-2-3-5-19(17)12-18)23-22(27)13-24-8-10-25(11-9-24)20-14-30(28,29)15-21(20)26/h6-7,12,16,20-21,26H,2-5,8-11,13-15H2,1H3,(H,23,27)/t16-,20-,21-/m0/s1. The minimum atomic E-state index is -3.14. The minimum Gasteiger partial charge on any atom is -0.390 e. The van der Waals surface area contributed by atoms with Crippen LogP contribution in [-0.4, -0.2) is 85.6 Å². The first-order chi connectivity index (χ1) is 14.3. The van der Waals surface area contributed by atoms with Gasteiger partial charge in [0, 0.05) is 26.2 Å². The molecule has 8 heteroatoms. The normalized spacial score (nSPS) is 28.1. The van der Waals surface area contributed by atoms with Crippen LogP contribution >= 0.6 is 0 Å². The third kappa shape index (κ3) is 5.04. The second-order valence-electron chi connectivity index (χ2n) is 9.05. The molecule has 0 unspecified atom stereocenters. The molecule has 166 valence electrons. The van der Waals surface area contributed by atoms with E-state index in [4.69, 9.17) is 0 Å². The Labute approximate surface area is 179 Å². The predicted molar refractivity (Wildman–Crippen MR) is 116 cm³/mol. The van der Waals surface area contributed by atoms with Crippen molar-refractivity contribution in [2.45, 2.75) is 50.8 Å². The lowest BCUT2D eigenvalue weighted by molar-refractivity contribution is -0.123. The van der Waals surface area contributed by atoms with E-state index >= 15 is 0 Å². The van der Waals surface area contributed by atoms with Gasteiger partial charge in [-0.05, 0) is 49.3 Å². The highest BCUT2D eigenvalue weighted by molar-refractivity contribution is 7.91. The number of nitrogens with zero attached hydrogens (tertiary/aromatic N) is 2. The highest BCUT2D eigenvalue weighted by Crippen LogP contribution is 2.25. The monoisotopic (exact) mass is 435 g/mol. The molecule has 2 fully saturated rings. The number of nitrogens with one attached hydrogen (secondary N) is 1. The minimum absolute atomic E-state index is 0.0112. The highest BCUT2D eigenvalue weighted by Gasteiger charge is 2.40. The summed E-state index contributed by atoms with van der Waals surface area (Å²) in [5.41, 5.74) is 4.03. The fourth-order valence-electron chi connectivity index (χ4n) is 5.01. The second kappa shape index (κ2) is 8.94. The summed E-state index contributed by atoms with van der Waals surface area (Å²) in [5, 5.41) is 13.2. The molecular formula is C22H33N3O4S. The van der Waals surface area contributed by atoms with Gasteiger partial charge in [-0.3, -0.25) is 14.6 Å². The summed E-state index contributed by atoms with van der Waals surface area (Å²) < 4.78 is 23.5. The molecule has 0 radical (unpaired) electrons. The van der Waals surface area contributed by atoms with E-state index in [2.05, 4.69) is 33.3 Å². The predicted octanol–water partition coefficient (Wildman–Crippen LogP) is 0.518. The Kier molecular flexibility index (Phi) is 6.48. The van der Waals surface area contributed by atoms with E-state index in [1.54, 1.807) is 0 Å². The van der Waals surface area contributed by atoms with Crippen molar-refractivity contribution in [1.82, 2.24) is 15.1 Å². The van der Waals surface area contributed by atoms with Crippen LogP contribution in [0.15, 0.2) is 18.2 Å². The number of fused-ring (bicyclic) bond motifs is 1. The molecule has 1 aliphatic carbocycles. The van der Waals surface area contributed by atoms with Gasteiger partial charge in [0.1, 0.15) is 0 Å². The lowest BCUT2D eigenvalue weighted by Crippen LogP contribution is -2.55. The topological polar surface area (TPSA) is 90.0 Å². The van der Waals surface area contributed by atoms with Crippen molar-refractivity contribution >= 4 is 15.7 Å². The maximum absolute atomic E-state index is 12.6. The number of hydrogen-bond donors (Lipinski definition) is 2. The van der Waals surface area contributed by atoms with Crippen LogP contribution in [0.3, 0.4) is 0 Å². The Balaban J connectivity index is 1.25. The Morgan fingerprint density at radius 2 is 1.83 bits per heavy atom. The summed E-state index contributed by atoms with van der Waals surface area (Å²) in [6, 6.07) is 6.26. The van der Waals surface area contributed by atoms with E-state index in [1.165, 1.54) is 24.0 Å². The van der Waals surface area contributed by atoms with Crippen molar-refractivity contribution < 1.29 is 18.3 Å². The van der Waals surface area contributed by atoms with Crippen LogP contribution in [0.25, 0.3) is 0 Å². The number of hydrogen-bond acceptors (Lipinski definition) is 6. The summed E-state index contributed by atoms with van der Waals surface area (Å²) >= 11 is 0. The first-order valence-electron chi connectivity index (χ1n) is 11.1. The van der Waals surface area contributed by atoms with Gasteiger partial charge in [-0.25, -0.2) is 8.42 Å². The van der Waals surface area contributed by atoms with Gasteiger partial charge in [-0.1, -0.05) is 18.2 Å². The first kappa shape index (κ1) is 21.7. The maximum Gasteiger partial charge on any atom is 0.234 e.